The summed E-state index contributed by atoms with van der Waals surface area (Å²) in [5.74, 6) is -0.640. The van der Waals surface area contributed by atoms with Crippen molar-refractivity contribution in [3.05, 3.63) is 29.8 Å². The number of carbonyl (C=O) groups is 2. The van der Waals surface area contributed by atoms with Crippen LogP contribution in [0.15, 0.2) is 24.3 Å². The lowest BCUT2D eigenvalue weighted by Gasteiger charge is -2.12. The van der Waals surface area contributed by atoms with Gasteiger partial charge >= 0.3 is 5.97 Å². The molecule has 0 aromatic heterocycles. The Bertz CT molecular complexity index is 460. The van der Waals surface area contributed by atoms with Crippen LogP contribution in [0.5, 0.6) is 0 Å². The van der Waals surface area contributed by atoms with Crippen molar-refractivity contribution in [3.8, 4) is 0 Å². The second-order valence-corrected chi connectivity index (χ2v) is 4.54. The van der Waals surface area contributed by atoms with Crippen molar-refractivity contribution in [3.63, 3.8) is 0 Å². The molecule has 0 saturated heterocycles. The van der Waals surface area contributed by atoms with Gasteiger partial charge in [0.05, 0.1) is 18.2 Å². The fraction of sp³-hybridized carbons (Fsp3) is 0.467. The zero-order valence-electron chi connectivity index (χ0n) is 12.0. The summed E-state index contributed by atoms with van der Waals surface area (Å²) in [4.78, 5) is 23.5. The average molecular weight is 278 g/mol. The first-order valence-corrected chi connectivity index (χ1v) is 6.92. The molecule has 20 heavy (non-hydrogen) atoms. The lowest BCUT2D eigenvalue weighted by atomic mass is 10.1. The highest BCUT2D eigenvalue weighted by Crippen LogP contribution is 2.12. The van der Waals surface area contributed by atoms with E-state index in [1.165, 1.54) is 0 Å². The van der Waals surface area contributed by atoms with Crippen LogP contribution in [0.2, 0.25) is 0 Å². The minimum Gasteiger partial charge on any atom is -0.462 e. The monoisotopic (exact) mass is 278 g/mol. The number of amides is 1. The van der Waals surface area contributed by atoms with Crippen molar-refractivity contribution >= 4 is 17.6 Å². The van der Waals surface area contributed by atoms with Gasteiger partial charge in [-0.3, -0.25) is 4.79 Å². The number of anilines is 1. The largest absolute Gasteiger partial charge is 0.462 e. The molecule has 0 bridgehead atoms. The second kappa shape index (κ2) is 8.32. The van der Waals surface area contributed by atoms with E-state index in [9.17, 15) is 9.59 Å². The number of esters is 1. The fourth-order valence-corrected chi connectivity index (χ4v) is 1.73. The molecular weight excluding hydrogens is 256 g/mol. The molecule has 1 amide bonds. The molecule has 1 aromatic rings. The number of hydrogen-bond acceptors (Lipinski definition) is 4. The number of ether oxygens (including phenoxy) is 1. The van der Waals surface area contributed by atoms with Crippen molar-refractivity contribution in [1.29, 1.82) is 0 Å². The van der Waals surface area contributed by atoms with E-state index in [0.29, 0.717) is 24.3 Å². The van der Waals surface area contributed by atoms with Gasteiger partial charge in [0.25, 0.3) is 0 Å². The van der Waals surface area contributed by atoms with E-state index in [4.69, 9.17) is 10.5 Å². The molecular formula is C15H22N2O3. The van der Waals surface area contributed by atoms with Crippen molar-refractivity contribution in [2.24, 2.45) is 5.73 Å². The highest BCUT2D eigenvalue weighted by Gasteiger charge is 2.14. The second-order valence-electron chi connectivity index (χ2n) is 4.54. The summed E-state index contributed by atoms with van der Waals surface area (Å²) in [5.41, 5.74) is 6.75. The van der Waals surface area contributed by atoms with Gasteiger partial charge in [-0.05, 0) is 31.5 Å². The number of nitrogens with two attached hydrogens (primary N) is 1. The zero-order valence-corrected chi connectivity index (χ0v) is 12.0. The fourth-order valence-electron chi connectivity index (χ4n) is 1.73. The van der Waals surface area contributed by atoms with Crippen molar-refractivity contribution in [1.82, 2.24) is 0 Å². The Labute approximate surface area is 119 Å². The number of rotatable bonds is 7. The molecule has 0 unspecified atom stereocenters. The Kier molecular flexibility index (Phi) is 6.73. The lowest BCUT2D eigenvalue weighted by molar-refractivity contribution is -0.117. The van der Waals surface area contributed by atoms with Gasteiger partial charge in [0.1, 0.15) is 0 Å². The molecule has 5 nitrogen and oxygen atoms in total. The maximum absolute atomic E-state index is 11.9. The Balaban J connectivity index is 2.66. The first-order valence-electron chi connectivity index (χ1n) is 6.92. The van der Waals surface area contributed by atoms with E-state index in [0.717, 1.165) is 12.8 Å². The summed E-state index contributed by atoms with van der Waals surface area (Å²) < 4.78 is 4.91. The molecule has 0 aliphatic carbocycles. The molecule has 110 valence electrons. The van der Waals surface area contributed by atoms with Crippen LogP contribution >= 0.6 is 0 Å². The van der Waals surface area contributed by atoms with E-state index < -0.39 is 12.0 Å². The number of nitrogens with one attached hydrogen (secondary N) is 1. The number of benzene rings is 1. The predicted octanol–water partition coefficient (Wildman–Crippen LogP) is 2.32. The van der Waals surface area contributed by atoms with Crippen molar-refractivity contribution < 1.29 is 14.3 Å². The van der Waals surface area contributed by atoms with Crippen LogP contribution in [0.4, 0.5) is 5.69 Å². The van der Waals surface area contributed by atoms with Gasteiger partial charge in [-0.1, -0.05) is 25.8 Å². The van der Waals surface area contributed by atoms with Gasteiger partial charge in [0.2, 0.25) is 5.91 Å². The molecule has 0 radical (unpaired) electrons. The molecule has 1 rings (SSSR count). The van der Waals surface area contributed by atoms with E-state index in [1.807, 2.05) is 6.92 Å². The smallest absolute Gasteiger partial charge is 0.338 e. The Morgan fingerprint density at radius 1 is 1.35 bits per heavy atom. The van der Waals surface area contributed by atoms with Crippen LogP contribution in [0, 0.1) is 0 Å². The summed E-state index contributed by atoms with van der Waals surface area (Å²) in [6, 6.07) is 6.11. The van der Waals surface area contributed by atoms with Crippen molar-refractivity contribution in [2.45, 2.75) is 39.2 Å². The molecule has 0 aliphatic rings. The third-order valence-electron chi connectivity index (χ3n) is 2.85. The van der Waals surface area contributed by atoms with Crippen molar-refractivity contribution in [2.75, 3.05) is 11.9 Å². The highest BCUT2D eigenvalue weighted by atomic mass is 16.5. The highest BCUT2D eigenvalue weighted by molar-refractivity contribution is 5.96. The predicted molar refractivity (Wildman–Crippen MR) is 78.5 cm³/mol. The van der Waals surface area contributed by atoms with E-state index in [2.05, 4.69) is 5.32 Å². The van der Waals surface area contributed by atoms with Gasteiger partial charge in [-0.15, -0.1) is 0 Å². The normalized spacial score (nSPS) is 11.8. The summed E-state index contributed by atoms with van der Waals surface area (Å²) in [7, 11) is 0. The molecule has 0 heterocycles. The van der Waals surface area contributed by atoms with Crippen LogP contribution in [-0.2, 0) is 9.53 Å². The quantitative estimate of drug-likeness (QED) is 0.750. The first-order chi connectivity index (χ1) is 9.58. The van der Waals surface area contributed by atoms with Crippen LogP contribution in [0.1, 0.15) is 43.5 Å². The van der Waals surface area contributed by atoms with Crippen LogP contribution in [-0.4, -0.2) is 24.5 Å². The van der Waals surface area contributed by atoms with Crippen LogP contribution in [0.25, 0.3) is 0 Å². The van der Waals surface area contributed by atoms with E-state index >= 15 is 0 Å². The minimum atomic E-state index is -0.527. The first kappa shape index (κ1) is 16.2. The van der Waals surface area contributed by atoms with Gasteiger partial charge in [-0.25, -0.2) is 4.79 Å². The van der Waals surface area contributed by atoms with Gasteiger partial charge < -0.3 is 15.8 Å². The Hall–Kier alpha value is -1.88. The Morgan fingerprint density at radius 2 is 2.10 bits per heavy atom. The average Bonchev–Trinajstić information content (AvgIpc) is 2.45. The molecule has 3 N–H and O–H groups in total. The van der Waals surface area contributed by atoms with Crippen LogP contribution in [0.3, 0.4) is 0 Å². The number of unbranched alkanes of at least 4 members (excludes halogenated alkanes) is 1. The third-order valence-corrected chi connectivity index (χ3v) is 2.85. The number of hydrogen-bond donors (Lipinski definition) is 2. The maximum Gasteiger partial charge on any atom is 0.338 e. The zero-order chi connectivity index (χ0) is 15.0. The maximum atomic E-state index is 11.9. The molecule has 0 aliphatic heterocycles. The van der Waals surface area contributed by atoms with Gasteiger partial charge in [0.15, 0.2) is 0 Å². The topological polar surface area (TPSA) is 81.4 Å². The summed E-state index contributed by atoms with van der Waals surface area (Å²) in [5, 5.41) is 2.72. The molecule has 5 heteroatoms. The van der Waals surface area contributed by atoms with Gasteiger partial charge in [0, 0.05) is 5.69 Å². The molecule has 0 saturated carbocycles. The van der Waals surface area contributed by atoms with E-state index in [1.54, 1.807) is 31.2 Å². The SMILES string of the molecule is CCCC[C@H](N)C(=O)Nc1cccc(C(=O)OCC)c1. The van der Waals surface area contributed by atoms with E-state index in [-0.39, 0.29) is 5.91 Å². The third kappa shape index (κ3) is 5.01. The minimum absolute atomic E-state index is 0.237. The lowest BCUT2D eigenvalue weighted by Crippen LogP contribution is -2.35. The number of carbonyl (C=O) groups excluding carboxylic acids is 2. The standard InChI is InChI=1S/C15H22N2O3/c1-3-5-9-13(16)14(18)17-12-8-6-7-11(10-12)15(19)20-4-2/h6-8,10,13H,3-5,9,16H2,1-2H3,(H,17,18)/t13-/m0/s1. The molecule has 1 aromatic carbocycles. The Morgan fingerprint density at radius 3 is 2.75 bits per heavy atom. The molecule has 1 atom stereocenters. The molecule has 0 fully saturated rings. The molecule has 0 spiro atoms. The summed E-state index contributed by atoms with van der Waals surface area (Å²) >= 11 is 0. The summed E-state index contributed by atoms with van der Waals surface area (Å²) in [6.45, 7) is 4.11. The van der Waals surface area contributed by atoms with Crippen LogP contribution < -0.4 is 11.1 Å². The summed E-state index contributed by atoms with van der Waals surface area (Å²) in [6.07, 6.45) is 2.57. The van der Waals surface area contributed by atoms with Gasteiger partial charge in [-0.2, -0.15) is 0 Å².